The highest BCUT2D eigenvalue weighted by atomic mass is 32.2. The lowest BCUT2D eigenvalue weighted by Gasteiger charge is -2.30. The minimum Gasteiger partial charge on any atom is -0.212 e. The van der Waals surface area contributed by atoms with Gasteiger partial charge in [-0.2, -0.15) is 0 Å². The van der Waals surface area contributed by atoms with Gasteiger partial charge >= 0.3 is 0 Å². The van der Waals surface area contributed by atoms with Crippen LogP contribution in [-0.4, -0.2) is 19.2 Å². The van der Waals surface area contributed by atoms with E-state index in [1.54, 1.807) is 20.8 Å². The Bertz CT molecular complexity index is 247. The first kappa shape index (κ1) is 9.99. The molecule has 72 valence electrons. The van der Waals surface area contributed by atoms with Gasteiger partial charge in [0.1, 0.15) is 0 Å². The van der Waals surface area contributed by atoms with Crippen molar-refractivity contribution in [1.82, 2.24) is 4.72 Å². The molecule has 1 aliphatic rings. The Morgan fingerprint density at radius 1 is 1.25 bits per heavy atom. The number of nitrogens with one attached hydrogen (secondary N) is 1. The van der Waals surface area contributed by atoms with Gasteiger partial charge in [-0.25, -0.2) is 13.1 Å². The summed E-state index contributed by atoms with van der Waals surface area (Å²) < 4.78 is 25.1. The Balaban J connectivity index is 2.60. The van der Waals surface area contributed by atoms with E-state index in [1.165, 1.54) is 0 Å². The second-order valence-electron chi connectivity index (χ2n) is 4.36. The fraction of sp³-hybridized carbons (Fsp3) is 1.00. The van der Waals surface area contributed by atoms with Crippen LogP contribution in [0.5, 0.6) is 0 Å². The lowest BCUT2D eigenvalue weighted by atomic mass is 9.94. The summed E-state index contributed by atoms with van der Waals surface area (Å²) in [5.41, 5.74) is 0. The molecule has 0 aromatic rings. The van der Waals surface area contributed by atoms with Crippen molar-refractivity contribution < 1.29 is 8.42 Å². The Hall–Kier alpha value is -0.0900. The molecule has 1 rings (SSSR count). The Labute approximate surface area is 74.6 Å². The van der Waals surface area contributed by atoms with Gasteiger partial charge in [-0.05, 0) is 33.6 Å². The molecule has 3 nitrogen and oxygen atoms in total. The maximum Gasteiger partial charge on any atom is 0.216 e. The van der Waals surface area contributed by atoms with E-state index in [9.17, 15) is 8.42 Å². The van der Waals surface area contributed by atoms with Crippen molar-refractivity contribution >= 4 is 10.0 Å². The summed E-state index contributed by atoms with van der Waals surface area (Å²) in [6.07, 6.45) is 3.14. The van der Waals surface area contributed by atoms with Crippen LogP contribution in [0, 0.1) is 0 Å². The van der Waals surface area contributed by atoms with Gasteiger partial charge in [-0.15, -0.1) is 0 Å². The Morgan fingerprint density at radius 3 is 2.00 bits per heavy atom. The molecule has 0 saturated heterocycles. The van der Waals surface area contributed by atoms with Crippen molar-refractivity contribution in [3.05, 3.63) is 0 Å². The van der Waals surface area contributed by atoms with Crippen LogP contribution in [0.3, 0.4) is 0 Å². The summed E-state index contributed by atoms with van der Waals surface area (Å²) >= 11 is 0. The summed E-state index contributed by atoms with van der Waals surface area (Å²) in [7, 11) is -3.11. The first-order valence-corrected chi connectivity index (χ1v) is 5.83. The first-order chi connectivity index (χ1) is 5.33. The minimum atomic E-state index is -3.11. The standard InChI is InChI=1S/C8H17NO2S/c1-8(2,3)12(10,11)9-7-5-4-6-7/h7,9H,4-6H2,1-3H3. The lowest BCUT2D eigenvalue weighted by molar-refractivity contribution is 0.379. The van der Waals surface area contributed by atoms with E-state index in [-0.39, 0.29) is 6.04 Å². The van der Waals surface area contributed by atoms with Crippen LogP contribution in [0.2, 0.25) is 0 Å². The maximum atomic E-state index is 11.5. The van der Waals surface area contributed by atoms with Crippen LogP contribution in [0.1, 0.15) is 40.0 Å². The molecule has 0 aromatic carbocycles. The van der Waals surface area contributed by atoms with Gasteiger partial charge in [0.2, 0.25) is 10.0 Å². The molecule has 0 aliphatic heterocycles. The zero-order valence-corrected chi connectivity index (χ0v) is 8.74. The molecule has 0 amide bonds. The topological polar surface area (TPSA) is 46.2 Å². The minimum absolute atomic E-state index is 0.203. The molecular weight excluding hydrogens is 174 g/mol. The third-order valence-electron chi connectivity index (χ3n) is 2.23. The summed E-state index contributed by atoms with van der Waals surface area (Å²) in [4.78, 5) is 0. The van der Waals surface area contributed by atoms with Crippen molar-refractivity contribution in [3.8, 4) is 0 Å². The predicted octanol–water partition coefficient (Wildman–Crippen LogP) is 1.26. The number of hydrogen-bond acceptors (Lipinski definition) is 2. The number of rotatable bonds is 2. The van der Waals surface area contributed by atoms with Gasteiger partial charge in [0.25, 0.3) is 0 Å². The van der Waals surface area contributed by atoms with Crippen molar-refractivity contribution in [2.24, 2.45) is 0 Å². The van der Waals surface area contributed by atoms with Gasteiger partial charge in [-0.1, -0.05) is 6.42 Å². The molecule has 0 heterocycles. The van der Waals surface area contributed by atoms with Crippen LogP contribution in [0.25, 0.3) is 0 Å². The van der Waals surface area contributed by atoms with Crippen LogP contribution in [0.15, 0.2) is 0 Å². The van der Waals surface area contributed by atoms with Gasteiger partial charge in [0.05, 0.1) is 4.75 Å². The molecule has 0 bridgehead atoms. The van der Waals surface area contributed by atoms with Gasteiger partial charge in [0.15, 0.2) is 0 Å². The van der Waals surface area contributed by atoms with E-state index in [2.05, 4.69) is 4.72 Å². The van der Waals surface area contributed by atoms with E-state index in [0.29, 0.717) is 0 Å². The van der Waals surface area contributed by atoms with Gasteiger partial charge in [-0.3, -0.25) is 0 Å². The highest BCUT2D eigenvalue weighted by Gasteiger charge is 2.32. The molecule has 12 heavy (non-hydrogen) atoms. The molecule has 1 fully saturated rings. The van der Waals surface area contributed by atoms with E-state index in [0.717, 1.165) is 19.3 Å². The van der Waals surface area contributed by atoms with Gasteiger partial charge in [0, 0.05) is 6.04 Å². The van der Waals surface area contributed by atoms with Crippen LogP contribution in [0.4, 0.5) is 0 Å². The average molecular weight is 191 g/mol. The van der Waals surface area contributed by atoms with Crippen molar-refractivity contribution in [2.75, 3.05) is 0 Å². The van der Waals surface area contributed by atoms with Gasteiger partial charge < -0.3 is 0 Å². The van der Waals surface area contributed by atoms with Crippen LogP contribution < -0.4 is 4.72 Å². The molecular formula is C8H17NO2S. The van der Waals surface area contributed by atoms with Crippen LogP contribution in [-0.2, 0) is 10.0 Å². The molecule has 0 radical (unpaired) electrons. The molecule has 1 aliphatic carbocycles. The normalized spacial score (nSPS) is 20.6. The second kappa shape index (κ2) is 3.00. The Morgan fingerprint density at radius 2 is 1.75 bits per heavy atom. The highest BCUT2D eigenvalue weighted by molar-refractivity contribution is 7.90. The summed E-state index contributed by atoms with van der Waals surface area (Å²) in [5.74, 6) is 0. The van der Waals surface area contributed by atoms with E-state index in [4.69, 9.17) is 0 Å². The molecule has 0 spiro atoms. The smallest absolute Gasteiger partial charge is 0.212 e. The summed E-state index contributed by atoms with van der Waals surface area (Å²) in [5, 5.41) is 0. The first-order valence-electron chi connectivity index (χ1n) is 4.35. The van der Waals surface area contributed by atoms with Crippen molar-refractivity contribution in [3.63, 3.8) is 0 Å². The lowest BCUT2D eigenvalue weighted by Crippen LogP contribution is -2.47. The fourth-order valence-corrected chi connectivity index (χ4v) is 1.95. The largest absolute Gasteiger partial charge is 0.216 e. The quantitative estimate of drug-likeness (QED) is 0.714. The third kappa shape index (κ3) is 1.98. The average Bonchev–Trinajstić information content (AvgIpc) is 1.76. The molecule has 0 atom stereocenters. The number of sulfonamides is 1. The number of hydrogen-bond donors (Lipinski definition) is 1. The molecule has 0 aromatic heterocycles. The molecule has 1 saturated carbocycles. The zero-order chi connectivity index (χ0) is 9.41. The van der Waals surface area contributed by atoms with Crippen molar-refractivity contribution in [2.45, 2.75) is 50.8 Å². The summed E-state index contributed by atoms with van der Waals surface area (Å²) in [6, 6.07) is 0.203. The molecule has 4 heteroatoms. The van der Waals surface area contributed by atoms with Crippen molar-refractivity contribution in [1.29, 1.82) is 0 Å². The van der Waals surface area contributed by atoms with Crippen LogP contribution >= 0.6 is 0 Å². The Kier molecular flexibility index (Phi) is 2.50. The zero-order valence-electron chi connectivity index (χ0n) is 7.92. The summed E-state index contributed by atoms with van der Waals surface area (Å²) in [6.45, 7) is 5.15. The third-order valence-corrected chi connectivity index (χ3v) is 4.49. The molecule has 1 N–H and O–H groups in total. The highest BCUT2D eigenvalue weighted by Crippen LogP contribution is 2.22. The maximum absolute atomic E-state index is 11.5. The SMILES string of the molecule is CC(C)(C)S(=O)(=O)NC1CCC1. The predicted molar refractivity (Wildman–Crippen MR) is 49.4 cm³/mol. The fourth-order valence-electron chi connectivity index (χ4n) is 0.922. The monoisotopic (exact) mass is 191 g/mol. The van der Waals surface area contributed by atoms with E-state index < -0.39 is 14.8 Å². The van der Waals surface area contributed by atoms with E-state index in [1.807, 2.05) is 0 Å². The van der Waals surface area contributed by atoms with E-state index >= 15 is 0 Å². The molecule has 0 unspecified atom stereocenters. The second-order valence-corrected chi connectivity index (χ2v) is 6.83.